The van der Waals surface area contributed by atoms with E-state index in [1.54, 1.807) is 0 Å². The third kappa shape index (κ3) is 1.45. The number of halogens is 1. The first-order valence-electron chi connectivity index (χ1n) is 3.22. The van der Waals surface area contributed by atoms with Gasteiger partial charge in [-0.25, -0.2) is 4.39 Å². The average Bonchev–Trinajstić information content (AvgIpc) is 2.03. The second kappa shape index (κ2) is 3.36. The first kappa shape index (κ1) is 8.74. The number of carbonyl (C=O) groups is 1. The van der Waals surface area contributed by atoms with Crippen molar-refractivity contribution < 1.29 is 14.2 Å². The number of carbonyl (C=O) groups excluding carboxylic acids is 1. The van der Waals surface area contributed by atoms with Gasteiger partial charge in [0.2, 0.25) is 5.91 Å². The largest absolute Gasteiger partial charge is 0.450 e. The van der Waals surface area contributed by atoms with Gasteiger partial charge in [0.15, 0.2) is 0 Å². The highest BCUT2D eigenvalue weighted by Crippen LogP contribution is 1.98. The Morgan fingerprint density at radius 1 is 1.58 bits per heavy atom. The zero-order chi connectivity index (χ0) is 9.14. The predicted molar refractivity (Wildman–Crippen MR) is 42.5 cm³/mol. The second-order valence-corrected chi connectivity index (χ2v) is 2.19. The molecular formula is C7H6BFNO2. The summed E-state index contributed by atoms with van der Waals surface area (Å²) in [6.45, 7) is 0. The fourth-order valence-corrected chi connectivity index (χ4v) is 0.883. The molecule has 0 atom stereocenters. The zero-order valence-corrected chi connectivity index (χ0v) is 6.12. The first-order valence-corrected chi connectivity index (χ1v) is 3.22. The van der Waals surface area contributed by atoms with Gasteiger partial charge in [-0.05, 0) is 17.6 Å². The monoisotopic (exact) mass is 166 g/mol. The van der Waals surface area contributed by atoms with E-state index in [0.717, 1.165) is 6.07 Å². The van der Waals surface area contributed by atoms with Gasteiger partial charge in [-0.15, -0.1) is 0 Å². The molecule has 0 heterocycles. The molecule has 1 amide bonds. The van der Waals surface area contributed by atoms with E-state index in [1.807, 2.05) is 0 Å². The molecule has 1 radical (unpaired) electrons. The van der Waals surface area contributed by atoms with Crippen molar-refractivity contribution in [1.29, 1.82) is 0 Å². The standard InChI is InChI=1S/C7H6BFNO2/c9-5-3-1-2-4(7(10)11)6(5)8-12/h1-3,12H,(H2,10,11). The van der Waals surface area contributed by atoms with Crippen LogP contribution < -0.4 is 11.2 Å². The van der Waals surface area contributed by atoms with Crippen LogP contribution in [0.5, 0.6) is 0 Å². The molecule has 12 heavy (non-hydrogen) atoms. The molecular weight excluding hydrogens is 160 g/mol. The number of amides is 1. The molecule has 5 heteroatoms. The van der Waals surface area contributed by atoms with Crippen LogP contribution in [-0.4, -0.2) is 18.4 Å². The highest BCUT2D eigenvalue weighted by molar-refractivity contribution is 6.48. The van der Waals surface area contributed by atoms with E-state index in [1.165, 1.54) is 12.1 Å². The highest BCUT2D eigenvalue weighted by Gasteiger charge is 2.11. The molecule has 61 valence electrons. The van der Waals surface area contributed by atoms with E-state index < -0.39 is 11.7 Å². The normalized spacial score (nSPS) is 9.50. The number of nitrogens with two attached hydrogens (primary N) is 1. The summed E-state index contributed by atoms with van der Waals surface area (Å²) in [5, 5.41) is 8.58. The Labute approximate surface area is 69.3 Å². The van der Waals surface area contributed by atoms with Crippen LogP contribution in [0.25, 0.3) is 0 Å². The highest BCUT2D eigenvalue weighted by atomic mass is 19.1. The van der Waals surface area contributed by atoms with E-state index in [2.05, 4.69) is 0 Å². The summed E-state index contributed by atoms with van der Waals surface area (Å²) in [6, 6.07) is 3.82. The van der Waals surface area contributed by atoms with E-state index in [4.69, 9.17) is 10.8 Å². The summed E-state index contributed by atoms with van der Waals surface area (Å²) >= 11 is 0. The van der Waals surface area contributed by atoms with Crippen LogP contribution in [0.1, 0.15) is 10.4 Å². The van der Waals surface area contributed by atoms with E-state index >= 15 is 0 Å². The Balaban J connectivity index is 3.27. The fraction of sp³-hybridized carbons (Fsp3) is 0. The van der Waals surface area contributed by atoms with Gasteiger partial charge in [0.25, 0.3) is 0 Å². The number of primary amides is 1. The molecule has 0 aromatic heterocycles. The maximum Gasteiger partial charge on any atom is 0.330 e. The molecule has 0 aliphatic rings. The van der Waals surface area contributed by atoms with Crippen LogP contribution in [0.15, 0.2) is 18.2 Å². The molecule has 1 aromatic rings. The van der Waals surface area contributed by atoms with Crippen LogP contribution in [-0.2, 0) is 0 Å². The summed E-state index contributed by atoms with van der Waals surface area (Å²) < 4.78 is 12.8. The van der Waals surface area contributed by atoms with E-state index in [9.17, 15) is 9.18 Å². The lowest BCUT2D eigenvalue weighted by Gasteiger charge is -2.02. The molecule has 0 bridgehead atoms. The number of benzene rings is 1. The topological polar surface area (TPSA) is 63.3 Å². The van der Waals surface area contributed by atoms with E-state index in [-0.39, 0.29) is 11.0 Å². The summed E-state index contributed by atoms with van der Waals surface area (Å²) in [6.07, 6.45) is 0. The van der Waals surface area contributed by atoms with Gasteiger partial charge in [0.1, 0.15) is 5.82 Å². The maximum atomic E-state index is 12.8. The van der Waals surface area contributed by atoms with Crippen molar-refractivity contribution in [3.8, 4) is 0 Å². The molecule has 0 aliphatic carbocycles. The Bertz CT molecular complexity index is 316. The molecule has 1 rings (SSSR count). The number of hydrogen-bond acceptors (Lipinski definition) is 2. The molecule has 0 unspecified atom stereocenters. The Morgan fingerprint density at radius 2 is 2.25 bits per heavy atom. The van der Waals surface area contributed by atoms with Gasteiger partial charge < -0.3 is 10.8 Å². The second-order valence-electron chi connectivity index (χ2n) is 2.19. The quantitative estimate of drug-likeness (QED) is 0.562. The molecule has 3 N–H and O–H groups in total. The van der Waals surface area contributed by atoms with Crippen LogP contribution in [0.3, 0.4) is 0 Å². The molecule has 1 aromatic carbocycles. The average molecular weight is 166 g/mol. The minimum absolute atomic E-state index is 0.0301. The predicted octanol–water partition coefficient (Wildman–Crippen LogP) is -0.839. The van der Waals surface area contributed by atoms with Gasteiger partial charge >= 0.3 is 7.48 Å². The van der Waals surface area contributed by atoms with Gasteiger partial charge in [-0.1, -0.05) is 6.07 Å². The fourth-order valence-electron chi connectivity index (χ4n) is 0.883. The minimum Gasteiger partial charge on any atom is -0.450 e. The maximum absolute atomic E-state index is 12.8. The third-order valence-corrected chi connectivity index (χ3v) is 1.45. The summed E-state index contributed by atoms with van der Waals surface area (Å²) in [4.78, 5) is 10.7. The van der Waals surface area contributed by atoms with Crippen LogP contribution in [0.4, 0.5) is 4.39 Å². The first-order chi connectivity index (χ1) is 5.66. The molecule has 0 aliphatic heterocycles. The van der Waals surface area contributed by atoms with Gasteiger partial charge in [-0.2, -0.15) is 0 Å². The lowest BCUT2D eigenvalue weighted by molar-refractivity contribution is 0.100. The number of hydrogen-bond donors (Lipinski definition) is 2. The lowest BCUT2D eigenvalue weighted by atomic mass is 9.83. The van der Waals surface area contributed by atoms with Crippen LogP contribution in [0, 0.1) is 5.82 Å². The summed E-state index contributed by atoms with van der Waals surface area (Å²) in [7, 11) is 0.523. The molecule has 0 saturated carbocycles. The van der Waals surface area contributed by atoms with Gasteiger partial charge in [0.05, 0.1) is 0 Å². The molecule has 0 fully saturated rings. The van der Waals surface area contributed by atoms with Crippen LogP contribution in [0.2, 0.25) is 0 Å². The third-order valence-electron chi connectivity index (χ3n) is 1.45. The SMILES string of the molecule is NC(=O)c1cccc(F)c1[B]O. The molecule has 0 saturated heterocycles. The molecule has 3 nitrogen and oxygen atoms in total. The Hall–Kier alpha value is -1.36. The van der Waals surface area contributed by atoms with Crippen molar-refractivity contribution >= 4 is 18.9 Å². The van der Waals surface area contributed by atoms with Crippen molar-refractivity contribution in [3.63, 3.8) is 0 Å². The molecule has 0 spiro atoms. The van der Waals surface area contributed by atoms with Gasteiger partial charge in [-0.3, -0.25) is 4.79 Å². The van der Waals surface area contributed by atoms with E-state index in [0.29, 0.717) is 7.48 Å². The van der Waals surface area contributed by atoms with Crippen molar-refractivity contribution in [2.45, 2.75) is 0 Å². The zero-order valence-electron chi connectivity index (χ0n) is 6.12. The minimum atomic E-state index is -0.769. The van der Waals surface area contributed by atoms with Crippen molar-refractivity contribution in [2.75, 3.05) is 0 Å². The smallest absolute Gasteiger partial charge is 0.330 e. The lowest BCUT2D eigenvalue weighted by Crippen LogP contribution is -2.29. The number of rotatable bonds is 2. The summed E-state index contributed by atoms with van der Waals surface area (Å²) in [5.41, 5.74) is 4.72. The van der Waals surface area contributed by atoms with Crippen molar-refractivity contribution in [2.24, 2.45) is 5.73 Å². The van der Waals surface area contributed by atoms with Crippen molar-refractivity contribution in [1.82, 2.24) is 0 Å². The Kier molecular flexibility index (Phi) is 2.45. The Morgan fingerprint density at radius 3 is 2.67 bits per heavy atom. The van der Waals surface area contributed by atoms with Crippen LogP contribution >= 0.6 is 0 Å². The summed E-state index contributed by atoms with van der Waals surface area (Å²) in [5.74, 6) is -1.44. The van der Waals surface area contributed by atoms with Gasteiger partial charge in [0, 0.05) is 5.56 Å². The van der Waals surface area contributed by atoms with Crippen molar-refractivity contribution in [3.05, 3.63) is 29.6 Å².